The first-order valence-corrected chi connectivity index (χ1v) is 14.7. The number of nitrogens with zero attached hydrogens (tertiary/aromatic N) is 2. The molecular weight excluding hydrogens is 504 g/mol. The summed E-state index contributed by atoms with van der Waals surface area (Å²) in [7, 11) is 0. The summed E-state index contributed by atoms with van der Waals surface area (Å²) >= 11 is 0. The summed E-state index contributed by atoms with van der Waals surface area (Å²) in [6.07, 6.45) is 1.89. The van der Waals surface area contributed by atoms with E-state index >= 15 is 0 Å². The molecule has 41 heavy (non-hydrogen) atoms. The third-order valence-electron chi connectivity index (χ3n) is 8.77. The predicted molar refractivity (Wildman–Crippen MR) is 171 cm³/mol. The molecule has 0 aliphatic carbocycles. The summed E-state index contributed by atoms with van der Waals surface area (Å²) in [6.45, 7) is 13.8. The van der Waals surface area contributed by atoms with E-state index in [4.69, 9.17) is 14.7 Å². The van der Waals surface area contributed by atoms with Crippen LogP contribution in [0.25, 0.3) is 54.8 Å². The molecular formula is C36H36N4O. The topological polar surface area (TPSA) is 62.8 Å². The van der Waals surface area contributed by atoms with Crippen molar-refractivity contribution in [2.75, 3.05) is 5.32 Å². The van der Waals surface area contributed by atoms with Gasteiger partial charge in [-0.1, -0.05) is 64.1 Å². The van der Waals surface area contributed by atoms with E-state index in [9.17, 15) is 0 Å². The minimum absolute atomic E-state index is 0.343. The fourth-order valence-corrected chi connectivity index (χ4v) is 5.97. The quantitative estimate of drug-likeness (QED) is 0.214. The molecule has 7 rings (SSSR count). The van der Waals surface area contributed by atoms with Gasteiger partial charge in [0.05, 0.1) is 16.9 Å². The van der Waals surface area contributed by atoms with Crippen LogP contribution in [0.4, 0.5) is 5.69 Å². The van der Waals surface area contributed by atoms with E-state index in [0.29, 0.717) is 24.5 Å². The monoisotopic (exact) mass is 540 g/mol. The number of fused-ring (bicyclic) bond motifs is 8. The van der Waals surface area contributed by atoms with Crippen LogP contribution in [-0.4, -0.2) is 21.0 Å². The number of aromatic nitrogens is 3. The number of H-pyrrole nitrogens is 1. The lowest BCUT2D eigenvalue weighted by molar-refractivity contribution is 0.301. The number of aromatic amines is 1. The number of hydrogen-bond donors (Lipinski definition) is 2. The van der Waals surface area contributed by atoms with Crippen LogP contribution < -0.4 is 10.1 Å². The van der Waals surface area contributed by atoms with Gasteiger partial charge in [-0.15, -0.1) is 0 Å². The summed E-state index contributed by atoms with van der Waals surface area (Å²) in [4.78, 5) is 13.2. The van der Waals surface area contributed by atoms with Crippen molar-refractivity contribution in [3.63, 3.8) is 0 Å². The van der Waals surface area contributed by atoms with Gasteiger partial charge in [-0.05, 0) is 66.1 Å². The molecule has 0 radical (unpaired) electrons. The van der Waals surface area contributed by atoms with Gasteiger partial charge in [0, 0.05) is 51.0 Å². The first kappa shape index (κ1) is 25.6. The lowest BCUT2D eigenvalue weighted by Gasteiger charge is -2.23. The largest absolute Gasteiger partial charge is 0.486 e. The van der Waals surface area contributed by atoms with Crippen molar-refractivity contribution in [3.8, 4) is 28.1 Å². The summed E-state index contributed by atoms with van der Waals surface area (Å²) in [6, 6.07) is 22.4. The number of rotatable bonds is 5. The number of ether oxygens (including phenoxy) is 1. The number of anilines is 1. The maximum atomic E-state index is 6.29. The van der Waals surface area contributed by atoms with Gasteiger partial charge in [0.2, 0.25) is 0 Å². The van der Waals surface area contributed by atoms with Gasteiger partial charge in [0.15, 0.2) is 0 Å². The van der Waals surface area contributed by atoms with Crippen LogP contribution in [0.3, 0.4) is 0 Å². The van der Waals surface area contributed by atoms with Gasteiger partial charge in [-0.3, -0.25) is 4.98 Å². The van der Waals surface area contributed by atoms with Gasteiger partial charge in [-0.2, -0.15) is 0 Å². The predicted octanol–water partition coefficient (Wildman–Crippen LogP) is 9.38. The van der Waals surface area contributed by atoms with E-state index in [1.165, 1.54) is 38.5 Å². The second kappa shape index (κ2) is 9.62. The molecule has 5 nitrogen and oxygen atoms in total. The molecule has 0 amide bonds. The molecule has 0 saturated heterocycles. The molecule has 2 aromatic heterocycles. The Morgan fingerprint density at radius 2 is 1.63 bits per heavy atom. The molecule has 206 valence electrons. The number of benzene rings is 4. The Hall–Kier alpha value is -4.38. The van der Waals surface area contributed by atoms with Crippen molar-refractivity contribution in [2.45, 2.75) is 60.1 Å². The van der Waals surface area contributed by atoms with Crippen LogP contribution in [0, 0.1) is 12.8 Å². The molecule has 0 saturated carbocycles. The maximum absolute atomic E-state index is 6.29. The van der Waals surface area contributed by atoms with Crippen LogP contribution in [0.15, 0.2) is 66.9 Å². The standard InChI is InChI=1S/C36H36N4O/c1-19(2)22(6)38-32-21(5)26-8-7-15-37-33(26)30-17-24(10-13-28(30)32)23-9-12-27-25(16-23)11-14-29-34-31(18-41-35(27)29)39-36(40-34)20(3)4/h7-17,19-20,22,38H,18H2,1-6H3,(H,39,40). The molecule has 0 bridgehead atoms. The SMILES string of the molecule is Cc1c(NC(C)C(C)C)c2ccc(-c3ccc4c5c(ccc4c3)-c3nc(C(C)C)[nH]c3CO5)cc2c2ncccc12. The van der Waals surface area contributed by atoms with E-state index in [1.807, 2.05) is 12.3 Å². The molecule has 5 heteroatoms. The van der Waals surface area contributed by atoms with Crippen LogP contribution in [0.2, 0.25) is 0 Å². The highest BCUT2D eigenvalue weighted by molar-refractivity contribution is 6.14. The zero-order valence-corrected chi connectivity index (χ0v) is 24.6. The number of imidazole rings is 1. The van der Waals surface area contributed by atoms with Crippen LogP contribution in [0.5, 0.6) is 5.75 Å². The highest BCUT2D eigenvalue weighted by Gasteiger charge is 2.24. The smallest absolute Gasteiger partial charge is 0.137 e. The van der Waals surface area contributed by atoms with Gasteiger partial charge >= 0.3 is 0 Å². The molecule has 1 unspecified atom stereocenters. The molecule has 4 aromatic carbocycles. The summed E-state index contributed by atoms with van der Waals surface area (Å²) < 4.78 is 6.29. The normalized spacial score (nSPS) is 13.6. The Bertz CT molecular complexity index is 1970. The second-order valence-corrected chi connectivity index (χ2v) is 12.1. The average Bonchev–Trinajstić information content (AvgIpc) is 3.44. The Balaban J connectivity index is 1.35. The van der Waals surface area contributed by atoms with Crippen molar-refractivity contribution in [3.05, 3.63) is 83.9 Å². The van der Waals surface area contributed by atoms with Gasteiger partial charge in [0.1, 0.15) is 18.2 Å². The third kappa shape index (κ3) is 4.14. The van der Waals surface area contributed by atoms with Crippen molar-refractivity contribution in [2.24, 2.45) is 5.92 Å². The molecule has 2 N–H and O–H groups in total. The molecule has 0 fully saturated rings. The first-order valence-electron chi connectivity index (χ1n) is 14.7. The molecule has 6 aromatic rings. The highest BCUT2D eigenvalue weighted by atomic mass is 16.5. The average molecular weight is 541 g/mol. The van der Waals surface area contributed by atoms with Gasteiger partial charge in [0.25, 0.3) is 0 Å². The number of nitrogens with one attached hydrogen (secondary N) is 2. The fourth-order valence-electron chi connectivity index (χ4n) is 5.97. The Labute approximate surface area is 241 Å². The van der Waals surface area contributed by atoms with Crippen molar-refractivity contribution in [1.82, 2.24) is 15.0 Å². The number of pyridine rings is 1. The molecule has 3 heterocycles. The highest BCUT2D eigenvalue weighted by Crippen LogP contribution is 2.43. The van der Waals surface area contributed by atoms with Crippen LogP contribution >= 0.6 is 0 Å². The summed E-state index contributed by atoms with van der Waals surface area (Å²) in [5.41, 5.74) is 8.97. The van der Waals surface area contributed by atoms with Gasteiger partial charge < -0.3 is 15.0 Å². The number of hydrogen-bond acceptors (Lipinski definition) is 4. The zero-order valence-electron chi connectivity index (χ0n) is 24.6. The summed E-state index contributed by atoms with van der Waals surface area (Å²) in [5.74, 6) is 2.79. The number of aryl methyl sites for hydroxylation is 1. The molecule has 0 spiro atoms. The maximum Gasteiger partial charge on any atom is 0.137 e. The Morgan fingerprint density at radius 3 is 2.41 bits per heavy atom. The Kier molecular flexibility index (Phi) is 6.00. The minimum atomic E-state index is 0.343. The van der Waals surface area contributed by atoms with E-state index in [1.54, 1.807) is 0 Å². The lowest BCUT2D eigenvalue weighted by atomic mass is 9.93. The summed E-state index contributed by atoms with van der Waals surface area (Å²) in [5, 5.41) is 9.67. The molecule has 1 atom stereocenters. The Morgan fingerprint density at radius 1 is 0.854 bits per heavy atom. The molecule has 1 aliphatic heterocycles. The van der Waals surface area contributed by atoms with Gasteiger partial charge in [-0.25, -0.2) is 4.98 Å². The zero-order chi connectivity index (χ0) is 28.4. The lowest BCUT2D eigenvalue weighted by Crippen LogP contribution is -2.22. The molecule has 1 aliphatic rings. The minimum Gasteiger partial charge on any atom is -0.486 e. The van der Waals surface area contributed by atoms with E-state index in [0.717, 1.165) is 44.8 Å². The van der Waals surface area contributed by atoms with Crippen molar-refractivity contribution in [1.29, 1.82) is 0 Å². The van der Waals surface area contributed by atoms with Crippen molar-refractivity contribution < 1.29 is 4.74 Å². The van der Waals surface area contributed by atoms with Crippen LogP contribution in [0.1, 0.15) is 57.6 Å². The fraction of sp³-hybridized carbons (Fsp3) is 0.278. The van der Waals surface area contributed by atoms with Crippen LogP contribution in [-0.2, 0) is 6.61 Å². The van der Waals surface area contributed by atoms with Crippen molar-refractivity contribution >= 4 is 38.1 Å². The first-order chi connectivity index (χ1) is 19.8. The second-order valence-electron chi connectivity index (χ2n) is 12.1. The van der Waals surface area contributed by atoms with E-state index in [-0.39, 0.29) is 0 Å². The van der Waals surface area contributed by atoms with E-state index < -0.39 is 0 Å². The van der Waals surface area contributed by atoms with E-state index in [2.05, 4.69) is 106 Å². The third-order valence-corrected chi connectivity index (χ3v) is 8.77.